The van der Waals surface area contributed by atoms with E-state index < -0.39 is 0 Å². The molecular weight excluding hydrogens is 370 g/mol. The molecule has 6 heteroatoms. The van der Waals surface area contributed by atoms with Gasteiger partial charge in [-0.25, -0.2) is 4.98 Å². The van der Waals surface area contributed by atoms with E-state index in [4.69, 9.17) is 0 Å². The lowest BCUT2D eigenvalue weighted by atomic mass is 10.1. The van der Waals surface area contributed by atoms with Crippen LogP contribution in [-0.2, 0) is 4.79 Å². The summed E-state index contributed by atoms with van der Waals surface area (Å²) in [6, 6.07) is 20.2. The van der Waals surface area contributed by atoms with Crippen molar-refractivity contribution in [1.29, 1.82) is 0 Å². The van der Waals surface area contributed by atoms with Gasteiger partial charge in [0.2, 0.25) is 5.91 Å². The largest absolute Gasteiger partial charge is 0.322 e. The molecule has 1 aromatic heterocycles. The topological polar surface area (TPSA) is 71.1 Å². The Balaban J connectivity index is 1.55. The molecule has 1 unspecified atom stereocenters. The highest BCUT2D eigenvalue weighted by atomic mass is 32.2. The van der Waals surface area contributed by atoms with E-state index in [-0.39, 0.29) is 17.1 Å². The molecule has 2 N–H and O–H groups in total. The first kappa shape index (κ1) is 19.6. The maximum Gasteiger partial charge on any atom is 0.255 e. The zero-order valence-corrected chi connectivity index (χ0v) is 16.5. The first-order valence-corrected chi connectivity index (χ1v) is 9.76. The molecule has 3 aromatic rings. The number of hydrogen-bond acceptors (Lipinski definition) is 4. The van der Waals surface area contributed by atoms with Gasteiger partial charge < -0.3 is 10.6 Å². The van der Waals surface area contributed by atoms with Gasteiger partial charge in [0.1, 0.15) is 5.82 Å². The Bertz CT molecular complexity index is 942. The zero-order valence-electron chi connectivity index (χ0n) is 15.7. The molecule has 0 saturated carbocycles. The van der Waals surface area contributed by atoms with Crippen molar-refractivity contribution >= 4 is 35.1 Å². The Morgan fingerprint density at radius 1 is 0.929 bits per heavy atom. The quantitative estimate of drug-likeness (QED) is 0.594. The fraction of sp³-hybridized carbons (Fsp3) is 0.136. The normalized spacial score (nSPS) is 11.5. The lowest BCUT2D eigenvalue weighted by molar-refractivity contribution is -0.115. The number of carbonyl (C=O) groups is 2. The van der Waals surface area contributed by atoms with Crippen LogP contribution in [0.15, 0.2) is 77.8 Å². The first-order valence-electron chi connectivity index (χ1n) is 8.88. The number of rotatable bonds is 6. The predicted molar refractivity (Wildman–Crippen MR) is 114 cm³/mol. The minimum atomic E-state index is -0.282. The lowest BCUT2D eigenvalue weighted by Crippen LogP contribution is -2.22. The van der Waals surface area contributed by atoms with Gasteiger partial charge in [-0.05, 0) is 62.4 Å². The summed E-state index contributed by atoms with van der Waals surface area (Å²) < 4.78 is 0. The fourth-order valence-electron chi connectivity index (χ4n) is 2.45. The highest BCUT2D eigenvalue weighted by Crippen LogP contribution is 2.25. The number of benzene rings is 2. The highest BCUT2D eigenvalue weighted by molar-refractivity contribution is 8.00. The van der Waals surface area contributed by atoms with E-state index >= 15 is 0 Å². The van der Waals surface area contributed by atoms with Crippen LogP contribution in [0, 0.1) is 6.92 Å². The van der Waals surface area contributed by atoms with Gasteiger partial charge >= 0.3 is 0 Å². The summed E-state index contributed by atoms with van der Waals surface area (Å²) in [4.78, 5) is 29.6. The van der Waals surface area contributed by atoms with Gasteiger partial charge in [0.25, 0.3) is 5.91 Å². The molecule has 1 atom stereocenters. The van der Waals surface area contributed by atoms with E-state index in [1.807, 2.05) is 56.3 Å². The van der Waals surface area contributed by atoms with Crippen LogP contribution in [0.5, 0.6) is 0 Å². The summed E-state index contributed by atoms with van der Waals surface area (Å²) in [6.45, 7) is 3.83. The molecule has 0 aliphatic carbocycles. The Hall–Kier alpha value is -3.12. The molecule has 0 aliphatic heterocycles. The maximum absolute atomic E-state index is 12.3. The van der Waals surface area contributed by atoms with Gasteiger partial charge in [-0.2, -0.15) is 0 Å². The molecule has 0 saturated heterocycles. The number of hydrogen-bond donors (Lipinski definition) is 2. The second kappa shape index (κ2) is 9.19. The van der Waals surface area contributed by atoms with Crippen molar-refractivity contribution in [2.24, 2.45) is 0 Å². The van der Waals surface area contributed by atoms with Gasteiger partial charge in [0, 0.05) is 22.3 Å². The van der Waals surface area contributed by atoms with Crippen molar-refractivity contribution in [2.45, 2.75) is 24.0 Å². The van der Waals surface area contributed by atoms with Crippen molar-refractivity contribution in [3.05, 3.63) is 84.1 Å². The van der Waals surface area contributed by atoms with Crippen LogP contribution in [0.25, 0.3) is 0 Å². The van der Waals surface area contributed by atoms with Crippen molar-refractivity contribution in [1.82, 2.24) is 4.98 Å². The molecule has 142 valence electrons. The number of pyridine rings is 1. The second-order valence-electron chi connectivity index (χ2n) is 6.31. The minimum absolute atomic E-state index is 0.111. The molecule has 0 aliphatic rings. The smallest absolute Gasteiger partial charge is 0.255 e. The number of amides is 2. The van der Waals surface area contributed by atoms with Gasteiger partial charge in [0.15, 0.2) is 0 Å². The van der Waals surface area contributed by atoms with Crippen molar-refractivity contribution in [2.75, 3.05) is 10.6 Å². The van der Waals surface area contributed by atoms with E-state index in [9.17, 15) is 9.59 Å². The number of anilines is 2. The first-order chi connectivity index (χ1) is 13.5. The van der Waals surface area contributed by atoms with Crippen LogP contribution in [0.3, 0.4) is 0 Å². The third-order valence-electron chi connectivity index (χ3n) is 4.02. The summed E-state index contributed by atoms with van der Waals surface area (Å²) in [5.41, 5.74) is 2.43. The van der Waals surface area contributed by atoms with E-state index in [1.165, 1.54) is 11.8 Å². The van der Waals surface area contributed by atoms with E-state index in [0.29, 0.717) is 17.1 Å². The summed E-state index contributed by atoms with van der Waals surface area (Å²) in [7, 11) is 0. The number of thioether (sulfide) groups is 1. The minimum Gasteiger partial charge on any atom is -0.322 e. The Morgan fingerprint density at radius 2 is 1.64 bits per heavy atom. The van der Waals surface area contributed by atoms with Gasteiger partial charge in [-0.1, -0.05) is 23.8 Å². The Kier molecular flexibility index (Phi) is 6.45. The van der Waals surface area contributed by atoms with E-state index in [0.717, 1.165) is 10.5 Å². The molecule has 0 radical (unpaired) electrons. The van der Waals surface area contributed by atoms with Crippen LogP contribution in [0.1, 0.15) is 22.8 Å². The SMILES string of the molecule is Cc1ccc(C(=O)Nc2ccc(SC(C)C(=O)Nc3ccccn3)cc2)cc1. The average molecular weight is 391 g/mol. The molecule has 0 spiro atoms. The molecule has 3 rings (SSSR count). The summed E-state index contributed by atoms with van der Waals surface area (Å²) in [6.07, 6.45) is 1.64. The maximum atomic E-state index is 12.3. The number of nitrogens with one attached hydrogen (secondary N) is 2. The molecule has 5 nitrogen and oxygen atoms in total. The van der Waals surface area contributed by atoms with Crippen LogP contribution in [0.4, 0.5) is 11.5 Å². The second-order valence-corrected chi connectivity index (χ2v) is 7.72. The van der Waals surface area contributed by atoms with Crippen molar-refractivity contribution < 1.29 is 9.59 Å². The number of aromatic nitrogens is 1. The monoisotopic (exact) mass is 391 g/mol. The van der Waals surface area contributed by atoms with Gasteiger partial charge in [-0.15, -0.1) is 11.8 Å². The van der Waals surface area contributed by atoms with Crippen molar-refractivity contribution in [3.8, 4) is 0 Å². The number of nitrogens with zero attached hydrogens (tertiary/aromatic N) is 1. The number of carbonyl (C=O) groups excluding carboxylic acids is 2. The molecule has 0 fully saturated rings. The van der Waals surface area contributed by atoms with Crippen LogP contribution >= 0.6 is 11.8 Å². The highest BCUT2D eigenvalue weighted by Gasteiger charge is 2.15. The standard InChI is InChI=1S/C22H21N3O2S/c1-15-6-8-17(9-7-15)22(27)24-18-10-12-19(13-11-18)28-16(2)21(26)25-20-5-3-4-14-23-20/h3-14,16H,1-2H3,(H,24,27)(H,23,25,26). The van der Waals surface area contributed by atoms with Crippen LogP contribution < -0.4 is 10.6 Å². The van der Waals surface area contributed by atoms with E-state index in [2.05, 4.69) is 15.6 Å². The Morgan fingerprint density at radius 3 is 2.29 bits per heavy atom. The molecule has 2 amide bonds. The fourth-order valence-corrected chi connectivity index (χ4v) is 3.31. The van der Waals surface area contributed by atoms with Crippen LogP contribution in [0.2, 0.25) is 0 Å². The molecular formula is C22H21N3O2S. The molecule has 28 heavy (non-hydrogen) atoms. The van der Waals surface area contributed by atoms with Crippen LogP contribution in [-0.4, -0.2) is 22.0 Å². The average Bonchev–Trinajstić information content (AvgIpc) is 2.70. The summed E-state index contributed by atoms with van der Waals surface area (Å²) >= 11 is 1.44. The molecule has 0 bridgehead atoms. The third-order valence-corrected chi connectivity index (χ3v) is 5.14. The third kappa shape index (κ3) is 5.44. The van der Waals surface area contributed by atoms with Crippen molar-refractivity contribution in [3.63, 3.8) is 0 Å². The summed E-state index contributed by atoms with van der Waals surface area (Å²) in [5, 5.41) is 5.39. The molecule has 2 aromatic carbocycles. The van der Waals surface area contributed by atoms with Gasteiger partial charge in [0.05, 0.1) is 5.25 Å². The summed E-state index contributed by atoms with van der Waals surface area (Å²) in [5.74, 6) is 0.276. The predicted octanol–water partition coefficient (Wildman–Crippen LogP) is 4.76. The number of aryl methyl sites for hydroxylation is 1. The Labute approximate surface area is 168 Å². The molecule has 1 heterocycles. The van der Waals surface area contributed by atoms with Gasteiger partial charge in [-0.3, -0.25) is 9.59 Å². The lowest BCUT2D eigenvalue weighted by Gasteiger charge is -2.12. The zero-order chi connectivity index (χ0) is 19.9. The van der Waals surface area contributed by atoms with E-state index in [1.54, 1.807) is 30.5 Å².